The molecule has 0 radical (unpaired) electrons. The van der Waals surface area contributed by atoms with Crippen LogP contribution in [0.25, 0.3) is 16.7 Å². The second-order valence-corrected chi connectivity index (χ2v) is 14.1. The molecule has 1 aromatic carbocycles. The third kappa shape index (κ3) is 7.69. The van der Waals surface area contributed by atoms with Crippen LogP contribution in [0.5, 0.6) is 5.75 Å². The van der Waals surface area contributed by atoms with Crippen molar-refractivity contribution in [3.8, 4) is 17.5 Å². The molecule has 0 atom stereocenters. The standard InChI is InChI=1S/C32H39BrN4O7/c1-17-13-14-22(41-29(40)44-32(10,11)12)19(3)23(17)36-25-20(15-18(2)24(33)35-25)21(16-34)26(36)37(27(38)42-30(4,5)6)28(39)43-31(7,8)9/h13-15H,1-12H3. The van der Waals surface area contributed by atoms with E-state index in [0.717, 1.165) is 0 Å². The normalized spacial score (nSPS) is 12.0. The fourth-order valence-electron chi connectivity index (χ4n) is 4.30. The van der Waals surface area contributed by atoms with Gasteiger partial charge in [0.2, 0.25) is 0 Å². The molecule has 3 rings (SSSR count). The average Bonchev–Trinajstić information content (AvgIpc) is 3.10. The van der Waals surface area contributed by atoms with Gasteiger partial charge in [-0.1, -0.05) is 6.07 Å². The van der Waals surface area contributed by atoms with Crippen LogP contribution in [0.2, 0.25) is 0 Å². The van der Waals surface area contributed by atoms with E-state index in [4.69, 9.17) is 23.9 Å². The van der Waals surface area contributed by atoms with Crippen molar-refractivity contribution in [3.05, 3.63) is 45.1 Å². The number of carbonyl (C=O) groups excluding carboxylic acids is 3. The largest absolute Gasteiger partial charge is 0.514 e. The fraction of sp³-hybridized carbons (Fsp3) is 0.469. The summed E-state index contributed by atoms with van der Waals surface area (Å²) in [6.07, 6.45) is -3.02. The number of pyridine rings is 1. The predicted molar refractivity (Wildman–Crippen MR) is 170 cm³/mol. The Hall–Kier alpha value is -4.11. The number of hydrogen-bond donors (Lipinski definition) is 0. The summed E-state index contributed by atoms with van der Waals surface area (Å²) < 4.78 is 24.2. The van der Waals surface area contributed by atoms with Crippen LogP contribution in [0.1, 0.15) is 84.6 Å². The molecular weight excluding hydrogens is 632 g/mol. The smallest absolute Gasteiger partial charge is 0.443 e. The quantitative estimate of drug-likeness (QED) is 0.116. The third-order valence-electron chi connectivity index (χ3n) is 5.91. The molecule has 0 unspecified atom stereocenters. The Kier molecular flexibility index (Phi) is 9.47. The molecule has 0 saturated heterocycles. The molecule has 2 heterocycles. The van der Waals surface area contributed by atoms with Crippen LogP contribution < -0.4 is 9.64 Å². The highest BCUT2D eigenvalue weighted by Gasteiger charge is 2.39. The van der Waals surface area contributed by atoms with Crippen LogP contribution >= 0.6 is 15.9 Å². The lowest BCUT2D eigenvalue weighted by atomic mass is 10.1. The van der Waals surface area contributed by atoms with Crippen molar-refractivity contribution in [2.24, 2.45) is 0 Å². The summed E-state index contributed by atoms with van der Waals surface area (Å²) in [6, 6.07) is 7.22. The zero-order valence-electron chi connectivity index (χ0n) is 27.3. The Labute approximate surface area is 266 Å². The fourth-order valence-corrected chi connectivity index (χ4v) is 4.58. The maximum Gasteiger partial charge on any atom is 0.514 e. The molecule has 0 aliphatic rings. The monoisotopic (exact) mass is 670 g/mol. The van der Waals surface area contributed by atoms with Gasteiger partial charge >= 0.3 is 18.3 Å². The Bertz CT molecular complexity index is 1650. The summed E-state index contributed by atoms with van der Waals surface area (Å²) in [5, 5.41) is 10.9. The number of aryl methyl sites for hydroxylation is 2. The maximum atomic E-state index is 13.8. The molecular formula is C32H39BrN4O7. The first-order valence-electron chi connectivity index (χ1n) is 13.9. The summed E-state index contributed by atoms with van der Waals surface area (Å²) in [6.45, 7) is 20.4. The number of benzene rings is 1. The minimum absolute atomic E-state index is 0.0166. The van der Waals surface area contributed by atoms with E-state index < -0.39 is 35.1 Å². The number of nitrogens with zero attached hydrogens (tertiary/aromatic N) is 4. The molecule has 0 N–H and O–H groups in total. The second kappa shape index (κ2) is 12.1. The van der Waals surface area contributed by atoms with E-state index in [2.05, 4.69) is 22.0 Å². The van der Waals surface area contributed by atoms with Gasteiger partial charge in [0.05, 0.1) is 5.69 Å². The summed E-state index contributed by atoms with van der Waals surface area (Å²) >= 11 is 3.48. The van der Waals surface area contributed by atoms with Crippen LogP contribution in [0, 0.1) is 32.1 Å². The maximum absolute atomic E-state index is 13.8. The van der Waals surface area contributed by atoms with Gasteiger partial charge in [-0.05, 0) is 122 Å². The number of halogens is 1. The number of carbonyl (C=O) groups is 3. The number of ether oxygens (including phenoxy) is 4. The molecule has 0 fully saturated rings. The van der Waals surface area contributed by atoms with Gasteiger partial charge in [-0.3, -0.25) is 4.57 Å². The van der Waals surface area contributed by atoms with E-state index in [9.17, 15) is 19.6 Å². The zero-order chi connectivity index (χ0) is 33.5. The van der Waals surface area contributed by atoms with E-state index in [1.165, 1.54) is 4.57 Å². The molecule has 11 nitrogen and oxygen atoms in total. The van der Waals surface area contributed by atoms with Crippen molar-refractivity contribution < 1.29 is 33.3 Å². The van der Waals surface area contributed by atoms with Gasteiger partial charge in [-0.15, -0.1) is 0 Å². The summed E-state index contributed by atoms with van der Waals surface area (Å²) in [5.41, 5.74) is -0.304. The minimum atomic E-state index is -1.06. The van der Waals surface area contributed by atoms with E-state index in [-0.39, 0.29) is 22.8 Å². The number of rotatable bonds is 3. The number of anilines is 1. The Morgan fingerprint density at radius 3 is 1.86 bits per heavy atom. The molecule has 0 saturated carbocycles. The molecule has 3 aromatic rings. The molecule has 2 aromatic heterocycles. The topological polar surface area (TPSA) is 133 Å². The van der Waals surface area contributed by atoms with Crippen molar-refractivity contribution in [3.63, 3.8) is 0 Å². The van der Waals surface area contributed by atoms with Crippen molar-refractivity contribution in [1.82, 2.24) is 9.55 Å². The van der Waals surface area contributed by atoms with Crippen molar-refractivity contribution in [2.75, 3.05) is 4.90 Å². The van der Waals surface area contributed by atoms with Gasteiger partial charge in [0, 0.05) is 10.9 Å². The van der Waals surface area contributed by atoms with Gasteiger partial charge in [0.15, 0.2) is 5.82 Å². The van der Waals surface area contributed by atoms with Gasteiger partial charge < -0.3 is 18.9 Å². The van der Waals surface area contributed by atoms with Crippen molar-refractivity contribution >= 4 is 51.1 Å². The Morgan fingerprint density at radius 1 is 0.864 bits per heavy atom. The summed E-state index contributed by atoms with van der Waals surface area (Å²) in [5.74, 6) is 0.0232. The number of nitriles is 1. The number of imide groups is 1. The number of amides is 2. The van der Waals surface area contributed by atoms with E-state index in [1.807, 2.05) is 0 Å². The second-order valence-electron chi connectivity index (χ2n) is 13.3. The predicted octanol–water partition coefficient (Wildman–Crippen LogP) is 8.58. The molecule has 2 amide bonds. The van der Waals surface area contributed by atoms with Crippen LogP contribution in [0.15, 0.2) is 22.8 Å². The van der Waals surface area contributed by atoms with Gasteiger partial charge in [0.25, 0.3) is 0 Å². The molecule has 12 heteroatoms. The van der Waals surface area contributed by atoms with E-state index in [1.54, 1.807) is 101 Å². The lowest BCUT2D eigenvalue weighted by Crippen LogP contribution is -2.45. The SMILES string of the molecule is Cc1cc2c(C#N)c(N(C(=O)OC(C)(C)C)C(=O)OC(C)(C)C)n(-c3c(C)ccc(OC(=O)OC(C)(C)C)c3C)c2nc1Br. The first-order valence-corrected chi connectivity index (χ1v) is 14.7. The first kappa shape index (κ1) is 34.4. The number of fused-ring (bicyclic) bond motifs is 1. The Morgan fingerprint density at radius 2 is 1.39 bits per heavy atom. The van der Waals surface area contributed by atoms with Crippen LogP contribution in [0.4, 0.5) is 20.2 Å². The van der Waals surface area contributed by atoms with Gasteiger partial charge in [-0.25, -0.2) is 19.4 Å². The van der Waals surface area contributed by atoms with Crippen molar-refractivity contribution in [2.45, 2.75) is 99.9 Å². The highest BCUT2D eigenvalue weighted by molar-refractivity contribution is 9.10. The van der Waals surface area contributed by atoms with Crippen LogP contribution in [-0.4, -0.2) is 44.7 Å². The van der Waals surface area contributed by atoms with E-state index in [0.29, 0.717) is 37.3 Å². The first-order chi connectivity index (χ1) is 20.0. The minimum Gasteiger partial charge on any atom is -0.443 e. The average molecular weight is 672 g/mol. The molecule has 0 spiro atoms. The molecule has 236 valence electrons. The highest BCUT2D eigenvalue weighted by atomic mass is 79.9. The summed E-state index contributed by atoms with van der Waals surface area (Å²) in [4.78, 5) is 45.7. The lowest BCUT2D eigenvalue weighted by molar-refractivity contribution is 0.0203. The zero-order valence-corrected chi connectivity index (χ0v) is 28.8. The Balaban J connectivity index is 2.49. The number of hydrogen-bond acceptors (Lipinski definition) is 9. The lowest BCUT2D eigenvalue weighted by Gasteiger charge is -2.29. The summed E-state index contributed by atoms with van der Waals surface area (Å²) in [7, 11) is 0. The third-order valence-corrected chi connectivity index (χ3v) is 6.72. The van der Waals surface area contributed by atoms with E-state index >= 15 is 0 Å². The highest BCUT2D eigenvalue weighted by Crippen LogP contribution is 2.41. The van der Waals surface area contributed by atoms with Crippen molar-refractivity contribution in [1.29, 1.82) is 5.26 Å². The number of aromatic nitrogens is 2. The van der Waals surface area contributed by atoms with Crippen LogP contribution in [0.3, 0.4) is 0 Å². The molecule has 0 aliphatic heterocycles. The molecule has 0 aliphatic carbocycles. The van der Waals surface area contributed by atoms with Gasteiger partial charge in [-0.2, -0.15) is 10.2 Å². The van der Waals surface area contributed by atoms with Crippen LogP contribution in [-0.2, 0) is 14.2 Å². The molecule has 0 bridgehead atoms. The molecule has 44 heavy (non-hydrogen) atoms. The van der Waals surface area contributed by atoms with Gasteiger partial charge in [0.1, 0.15) is 44.4 Å².